The molecule has 0 atom stereocenters. The summed E-state index contributed by atoms with van der Waals surface area (Å²) < 4.78 is 0. The SMILES string of the molecule is Nc1ccccc1CCN1CCN(CCO)CC1. The Kier molecular flexibility index (Phi) is 4.99. The topological polar surface area (TPSA) is 52.7 Å². The van der Waals surface area contributed by atoms with E-state index in [0.717, 1.165) is 51.4 Å². The molecule has 1 fully saturated rings. The number of rotatable bonds is 5. The van der Waals surface area contributed by atoms with Crippen LogP contribution in [0.2, 0.25) is 0 Å². The Morgan fingerprint density at radius 1 is 1.00 bits per heavy atom. The van der Waals surface area contributed by atoms with Crippen molar-refractivity contribution in [3.05, 3.63) is 29.8 Å². The molecule has 1 saturated heterocycles. The molecule has 0 bridgehead atoms. The Morgan fingerprint density at radius 2 is 1.61 bits per heavy atom. The number of hydrogen-bond donors (Lipinski definition) is 2. The first-order valence-corrected chi connectivity index (χ1v) is 6.68. The van der Waals surface area contributed by atoms with Gasteiger partial charge in [-0.15, -0.1) is 0 Å². The molecular formula is C14H23N3O. The second kappa shape index (κ2) is 6.73. The van der Waals surface area contributed by atoms with E-state index < -0.39 is 0 Å². The number of aliphatic hydroxyl groups is 1. The smallest absolute Gasteiger partial charge is 0.0558 e. The first kappa shape index (κ1) is 13.3. The Bertz CT molecular complexity index is 362. The number of benzene rings is 1. The first-order chi connectivity index (χ1) is 8.79. The number of piperazine rings is 1. The fourth-order valence-corrected chi connectivity index (χ4v) is 2.42. The van der Waals surface area contributed by atoms with E-state index in [4.69, 9.17) is 10.8 Å². The van der Waals surface area contributed by atoms with E-state index in [1.165, 1.54) is 5.56 Å². The van der Waals surface area contributed by atoms with Crippen molar-refractivity contribution in [3.8, 4) is 0 Å². The summed E-state index contributed by atoms with van der Waals surface area (Å²) in [5.41, 5.74) is 8.09. The zero-order valence-corrected chi connectivity index (χ0v) is 10.9. The zero-order valence-electron chi connectivity index (χ0n) is 10.9. The summed E-state index contributed by atoms with van der Waals surface area (Å²) in [5.74, 6) is 0. The number of para-hydroxylation sites is 1. The van der Waals surface area contributed by atoms with Crippen LogP contribution in [0, 0.1) is 0 Å². The van der Waals surface area contributed by atoms with Crippen molar-refractivity contribution >= 4 is 5.69 Å². The molecule has 2 rings (SSSR count). The largest absolute Gasteiger partial charge is 0.399 e. The third-order valence-electron chi connectivity index (χ3n) is 3.63. The minimum atomic E-state index is 0.264. The van der Waals surface area contributed by atoms with Crippen LogP contribution in [0.15, 0.2) is 24.3 Å². The molecule has 1 aliphatic heterocycles. The number of hydrogen-bond acceptors (Lipinski definition) is 4. The average molecular weight is 249 g/mol. The molecule has 0 saturated carbocycles. The lowest BCUT2D eigenvalue weighted by Crippen LogP contribution is -2.47. The van der Waals surface area contributed by atoms with Gasteiger partial charge in [-0.25, -0.2) is 0 Å². The first-order valence-electron chi connectivity index (χ1n) is 6.68. The van der Waals surface area contributed by atoms with E-state index in [0.29, 0.717) is 0 Å². The summed E-state index contributed by atoms with van der Waals surface area (Å²) >= 11 is 0. The van der Waals surface area contributed by atoms with Gasteiger partial charge in [-0.05, 0) is 18.1 Å². The van der Waals surface area contributed by atoms with E-state index in [-0.39, 0.29) is 6.61 Å². The molecule has 1 aliphatic rings. The maximum atomic E-state index is 8.90. The number of aliphatic hydroxyl groups excluding tert-OH is 1. The highest BCUT2D eigenvalue weighted by atomic mass is 16.3. The summed E-state index contributed by atoms with van der Waals surface area (Å²) in [7, 11) is 0. The van der Waals surface area contributed by atoms with Crippen LogP contribution in [0.3, 0.4) is 0 Å². The Labute approximate surface area is 109 Å². The normalized spacial score (nSPS) is 18.1. The lowest BCUT2D eigenvalue weighted by Gasteiger charge is -2.34. The highest BCUT2D eigenvalue weighted by molar-refractivity contribution is 5.46. The molecule has 4 nitrogen and oxygen atoms in total. The Hall–Kier alpha value is -1.10. The third-order valence-corrected chi connectivity index (χ3v) is 3.63. The Morgan fingerprint density at radius 3 is 2.22 bits per heavy atom. The maximum Gasteiger partial charge on any atom is 0.0558 e. The summed E-state index contributed by atoms with van der Waals surface area (Å²) in [6.45, 7) is 6.44. The van der Waals surface area contributed by atoms with Crippen molar-refractivity contribution in [2.45, 2.75) is 6.42 Å². The predicted octanol–water partition coefficient (Wildman–Crippen LogP) is 0.421. The molecule has 0 aliphatic carbocycles. The van der Waals surface area contributed by atoms with E-state index in [9.17, 15) is 0 Å². The van der Waals surface area contributed by atoms with E-state index in [2.05, 4.69) is 15.9 Å². The summed E-state index contributed by atoms with van der Waals surface area (Å²) in [6.07, 6.45) is 1.02. The lowest BCUT2D eigenvalue weighted by atomic mass is 10.1. The highest BCUT2D eigenvalue weighted by Crippen LogP contribution is 2.12. The summed E-state index contributed by atoms with van der Waals surface area (Å²) in [4.78, 5) is 4.79. The molecule has 0 amide bonds. The van der Waals surface area contributed by atoms with Gasteiger partial charge in [0.05, 0.1) is 6.61 Å². The van der Waals surface area contributed by atoms with Gasteiger partial charge in [0.15, 0.2) is 0 Å². The van der Waals surface area contributed by atoms with Gasteiger partial charge in [0.1, 0.15) is 0 Å². The molecule has 0 aromatic heterocycles. The highest BCUT2D eigenvalue weighted by Gasteiger charge is 2.15. The monoisotopic (exact) mass is 249 g/mol. The van der Waals surface area contributed by atoms with Gasteiger partial charge in [0.25, 0.3) is 0 Å². The standard InChI is InChI=1S/C14H23N3O/c15-14-4-2-1-3-13(14)5-6-16-7-9-17(10-8-16)11-12-18/h1-4,18H,5-12,15H2. The third kappa shape index (κ3) is 3.70. The van der Waals surface area contributed by atoms with Gasteiger partial charge in [-0.2, -0.15) is 0 Å². The van der Waals surface area contributed by atoms with Gasteiger partial charge < -0.3 is 15.7 Å². The Balaban J connectivity index is 1.74. The van der Waals surface area contributed by atoms with Gasteiger partial charge in [-0.1, -0.05) is 18.2 Å². The molecule has 18 heavy (non-hydrogen) atoms. The second-order valence-electron chi connectivity index (χ2n) is 4.86. The number of nitrogens with two attached hydrogens (primary N) is 1. The molecule has 4 heteroatoms. The van der Waals surface area contributed by atoms with E-state index >= 15 is 0 Å². The minimum absolute atomic E-state index is 0.264. The van der Waals surface area contributed by atoms with E-state index in [1.54, 1.807) is 0 Å². The number of nitrogens with zero attached hydrogens (tertiary/aromatic N) is 2. The molecule has 0 unspecified atom stereocenters. The van der Waals surface area contributed by atoms with Crippen LogP contribution in [-0.2, 0) is 6.42 Å². The van der Waals surface area contributed by atoms with Crippen LogP contribution < -0.4 is 5.73 Å². The van der Waals surface area contributed by atoms with Crippen LogP contribution >= 0.6 is 0 Å². The molecule has 3 N–H and O–H groups in total. The van der Waals surface area contributed by atoms with Gasteiger partial charge in [0.2, 0.25) is 0 Å². The summed E-state index contributed by atoms with van der Waals surface area (Å²) in [6, 6.07) is 8.10. The maximum absolute atomic E-state index is 8.90. The molecular weight excluding hydrogens is 226 g/mol. The molecule has 1 aromatic rings. The minimum Gasteiger partial charge on any atom is -0.399 e. The van der Waals surface area contributed by atoms with Crippen LogP contribution in [0.4, 0.5) is 5.69 Å². The predicted molar refractivity (Wildman–Crippen MR) is 74.5 cm³/mol. The van der Waals surface area contributed by atoms with Crippen molar-refractivity contribution in [2.75, 3.05) is 51.6 Å². The molecule has 0 spiro atoms. The zero-order chi connectivity index (χ0) is 12.8. The fourth-order valence-electron chi connectivity index (χ4n) is 2.42. The molecule has 0 radical (unpaired) electrons. The van der Waals surface area contributed by atoms with Crippen LogP contribution in [0.1, 0.15) is 5.56 Å². The van der Waals surface area contributed by atoms with Crippen molar-refractivity contribution in [2.24, 2.45) is 0 Å². The van der Waals surface area contributed by atoms with Crippen LogP contribution in [0.5, 0.6) is 0 Å². The average Bonchev–Trinajstić information content (AvgIpc) is 2.40. The number of nitrogen functional groups attached to an aromatic ring is 1. The van der Waals surface area contributed by atoms with Crippen molar-refractivity contribution in [1.29, 1.82) is 0 Å². The van der Waals surface area contributed by atoms with Crippen molar-refractivity contribution in [1.82, 2.24) is 9.80 Å². The fraction of sp³-hybridized carbons (Fsp3) is 0.571. The van der Waals surface area contributed by atoms with Crippen molar-refractivity contribution in [3.63, 3.8) is 0 Å². The van der Waals surface area contributed by atoms with Gasteiger partial charge in [-0.3, -0.25) is 4.90 Å². The van der Waals surface area contributed by atoms with Gasteiger partial charge in [0, 0.05) is 45.0 Å². The molecule has 1 aromatic carbocycles. The lowest BCUT2D eigenvalue weighted by molar-refractivity contribution is 0.113. The second-order valence-corrected chi connectivity index (χ2v) is 4.86. The molecule has 1 heterocycles. The van der Waals surface area contributed by atoms with Crippen molar-refractivity contribution < 1.29 is 5.11 Å². The molecule has 100 valence electrons. The van der Waals surface area contributed by atoms with E-state index in [1.807, 2.05) is 18.2 Å². The van der Waals surface area contributed by atoms with Crippen LogP contribution in [0.25, 0.3) is 0 Å². The number of anilines is 1. The van der Waals surface area contributed by atoms with Gasteiger partial charge >= 0.3 is 0 Å². The quantitative estimate of drug-likeness (QED) is 0.743. The number of β-amino-alcohol motifs (C(OH)–C–C–N with tert-alkyl or cyclic N) is 1. The van der Waals surface area contributed by atoms with Crippen LogP contribution in [-0.4, -0.2) is 60.8 Å². The summed E-state index contributed by atoms with van der Waals surface area (Å²) in [5, 5.41) is 8.90.